The van der Waals surface area contributed by atoms with Crippen LogP contribution in [-0.2, 0) is 10.1 Å². The topological polar surface area (TPSA) is 71.4 Å². The molecular formula is C8H8NaO4S. The zero-order valence-electron chi connectivity index (χ0n) is 7.67. The molecule has 6 heteroatoms. The summed E-state index contributed by atoms with van der Waals surface area (Å²) in [5, 5.41) is 0. The minimum atomic E-state index is -4.22. The molecule has 0 saturated carbocycles. The molecular weight excluding hydrogens is 215 g/mol. The average Bonchev–Trinajstić information content (AvgIpc) is 2.03. The van der Waals surface area contributed by atoms with E-state index in [1.54, 1.807) is 18.2 Å². The van der Waals surface area contributed by atoms with Gasteiger partial charge in [0.1, 0.15) is 5.75 Å². The quantitative estimate of drug-likeness (QED) is 0.456. The number of hydrogen-bond donors (Lipinski definition) is 1. The van der Waals surface area contributed by atoms with Crippen molar-refractivity contribution in [1.82, 2.24) is 0 Å². The Bertz CT molecular complexity index is 399. The molecule has 0 fully saturated rings. The van der Waals surface area contributed by atoms with Gasteiger partial charge in [0.05, 0.1) is 0 Å². The molecule has 0 saturated heterocycles. The number of carbonyl (C=O) groups is 1. The standard InChI is InChI=1S/C8H8O4S.Na/c9-8(6-13(10,11)12)7-4-2-1-3-5-7;/h1-5H,6H2,(H,10,11,12);. The molecule has 14 heavy (non-hydrogen) atoms. The fourth-order valence-corrected chi connectivity index (χ4v) is 1.37. The van der Waals surface area contributed by atoms with Crippen molar-refractivity contribution in [3.63, 3.8) is 0 Å². The zero-order valence-corrected chi connectivity index (χ0v) is 10.5. The van der Waals surface area contributed by atoms with Crippen molar-refractivity contribution >= 4 is 45.5 Å². The van der Waals surface area contributed by atoms with Crippen LogP contribution in [0.2, 0.25) is 0 Å². The van der Waals surface area contributed by atoms with E-state index in [0.29, 0.717) is 0 Å². The number of benzene rings is 1. The van der Waals surface area contributed by atoms with Crippen molar-refractivity contribution in [2.45, 2.75) is 0 Å². The van der Waals surface area contributed by atoms with Crippen LogP contribution < -0.4 is 0 Å². The summed E-state index contributed by atoms with van der Waals surface area (Å²) >= 11 is 0. The molecule has 0 spiro atoms. The summed E-state index contributed by atoms with van der Waals surface area (Å²) in [5.41, 5.74) is 0.278. The Morgan fingerprint density at radius 2 is 1.71 bits per heavy atom. The van der Waals surface area contributed by atoms with E-state index in [2.05, 4.69) is 0 Å². The summed E-state index contributed by atoms with van der Waals surface area (Å²) in [6, 6.07) is 7.94. The molecule has 0 heterocycles. The number of carbonyl (C=O) groups excluding carboxylic acids is 1. The summed E-state index contributed by atoms with van der Waals surface area (Å²) in [5.74, 6) is -1.47. The number of rotatable bonds is 3. The van der Waals surface area contributed by atoms with E-state index in [4.69, 9.17) is 4.55 Å². The smallest absolute Gasteiger partial charge is 0.272 e. The van der Waals surface area contributed by atoms with Crippen LogP contribution in [0.25, 0.3) is 0 Å². The monoisotopic (exact) mass is 223 g/mol. The summed E-state index contributed by atoms with van der Waals surface area (Å²) < 4.78 is 29.1. The van der Waals surface area contributed by atoms with Crippen LogP contribution in [0, 0.1) is 0 Å². The molecule has 71 valence electrons. The van der Waals surface area contributed by atoms with Gasteiger partial charge in [-0.1, -0.05) is 30.3 Å². The first-order valence-electron chi connectivity index (χ1n) is 3.52. The molecule has 1 radical (unpaired) electrons. The Kier molecular flexibility index (Phi) is 5.54. The van der Waals surface area contributed by atoms with E-state index in [1.165, 1.54) is 12.1 Å². The van der Waals surface area contributed by atoms with Crippen LogP contribution in [0.1, 0.15) is 10.4 Å². The van der Waals surface area contributed by atoms with Crippen molar-refractivity contribution in [3.05, 3.63) is 35.9 Å². The summed E-state index contributed by atoms with van der Waals surface area (Å²) in [7, 11) is -4.22. The SMILES string of the molecule is O=C(CS(=O)(=O)O)c1ccccc1.[Na]. The maximum atomic E-state index is 11.1. The number of ketones is 1. The molecule has 4 nitrogen and oxygen atoms in total. The van der Waals surface area contributed by atoms with Crippen LogP contribution >= 0.6 is 0 Å². The molecule has 1 aromatic carbocycles. The average molecular weight is 223 g/mol. The van der Waals surface area contributed by atoms with Crippen molar-refractivity contribution in [3.8, 4) is 0 Å². The van der Waals surface area contributed by atoms with Gasteiger partial charge in [-0.05, 0) is 0 Å². The van der Waals surface area contributed by atoms with Gasteiger partial charge in [-0.15, -0.1) is 0 Å². The van der Waals surface area contributed by atoms with E-state index in [1.807, 2.05) is 0 Å². The summed E-state index contributed by atoms with van der Waals surface area (Å²) in [6.45, 7) is 0. The van der Waals surface area contributed by atoms with Crippen LogP contribution in [-0.4, -0.2) is 54.1 Å². The third kappa shape index (κ3) is 4.88. The molecule has 1 aromatic rings. The first-order valence-corrected chi connectivity index (χ1v) is 5.13. The molecule has 0 unspecified atom stereocenters. The molecule has 1 rings (SSSR count). The Balaban J connectivity index is 0.00000169. The van der Waals surface area contributed by atoms with E-state index in [9.17, 15) is 13.2 Å². The zero-order chi connectivity index (χ0) is 9.90. The summed E-state index contributed by atoms with van der Waals surface area (Å²) in [6.07, 6.45) is 0. The Morgan fingerprint density at radius 3 is 2.14 bits per heavy atom. The van der Waals surface area contributed by atoms with E-state index >= 15 is 0 Å². The Hall–Kier alpha value is -0.200. The molecule has 1 N–H and O–H groups in total. The fourth-order valence-electron chi connectivity index (χ4n) is 0.873. The van der Waals surface area contributed by atoms with Gasteiger partial charge in [0.2, 0.25) is 0 Å². The second-order valence-electron chi connectivity index (χ2n) is 2.52. The van der Waals surface area contributed by atoms with Gasteiger partial charge < -0.3 is 0 Å². The third-order valence-electron chi connectivity index (χ3n) is 1.41. The largest absolute Gasteiger partial charge is 0.293 e. The normalized spacial score (nSPS) is 10.4. The van der Waals surface area contributed by atoms with Gasteiger partial charge in [-0.25, -0.2) is 0 Å². The van der Waals surface area contributed by atoms with E-state index < -0.39 is 21.7 Å². The second-order valence-corrected chi connectivity index (χ2v) is 3.97. The minimum absolute atomic E-state index is 0. The van der Waals surface area contributed by atoms with Gasteiger partial charge in [0.15, 0.2) is 5.78 Å². The first-order chi connectivity index (χ1) is 5.99. The van der Waals surface area contributed by atoms with E-state index in [-0.39, 0.29) is 35.1 Å². The Morgan fingerprint density at radius 1 is 1.21 bits per heavy atom. The van der Waals surface area contributed by atoms with Crippen molar-refractivity contribution in [1.29, 1.82) is 0 Å². The van der Waals surface area contributed by atoms with Crippen LogP contribution in [0.5, 0.6) is 0 Å². The second kappa shape index (κ2) is 5.63. The number of hydrogen-bond acceptors (Lipinski definition) is 3. The van der Waals surface area contributed by atoms with Crippen molar-refractivity contribution < 1.29 is 17.8 Å². The van der Waals surface area contributed by atoms with Gasteiger partial charge in [-0.2, -0.15) is 8.42 Å². The van der Waals surface area contributed by atoms with Gasteiger partial charge in [0, 0.05) is 35.1 Å². The molecule has 0 amide bonds. The molecule has 0 aromatic heterocycles. The fraction of sp³-hybridized carbons (Fsp3) is 0.125. The third-order valence-corrected chi connectivity index (χ3v) is 2.04. The van der Waals surface area contributed by atoms with Gasteiger partial charge >= 0.3 is 0 Å². The molecule has 0 aliphatic rings. The minimum Gasteiger partial charge on any atom is -0.293 e. The molecule has 0 atom stereocenters. The predicted molar refractivity (Wildman–Crippen MR) is 52.9 cm³/mol. The molecule has 0 aliphatic heterocycles. The predicted octanol–water partition coefficient (Wildman–Crippen LogP) is 0.376. The van der Waals surface area contributed by atoms with Crippen LogP contribution in [0.15, 0.2) is 30.3 Å². The molecule has 0 bridgehead atoms. The van der Waals surface area contributed by atoms with Crippen LogP contribution in [0.3, 0.4) is 0 Å². The van der Waals surface area contributed by atoms with Crippen LogP contribution in [0.4, 0.5) is 0 Å². The molecule has 0 aliphatic carbocycles. The van der Waals surface area contributed by atoms with E-state index in [0.717, 1.165) is 0 Å². The number of Topliss-reactive ketones (excluding diaryl/α,β-unsaturated/α-hetero) is 1. The van der Waals surface area contributed by atoms with Gasteiger partial charge in [-0.3, -0.25) is 9.35 Å². The van der Waals surface area contributed by atoms with Gasteiger partial charge in [0.25, 0.3) is 10.1 Å². The Labute approximate surface area is 104 Å². The maximum absolute atomic E-state index is 11.1. The first kappa shape index (κ1) is 13.8. The van der Waals surface area contributed by atoms with Crippen molar-refractivity contribution in [2.24, 2.45) is 0 Å². The van der Waals surface area contributed by atoms with Crippen molar-refractivity contribution in [2.75, 3.05) is 5.75 Å². The summed E-state index contributed by atoms with van der Waals surface area (Å²) in [4.78, 5) is 11.1. The maximum Gasteiger partial charge on any atom is 0.272 e.